The topological polar surface area (TPSA) is 88.7 Å². The first-order chi connectivity index (χ1) is 16.8. The van der Waals surface area contributed by atoms with Crippen molar-refractivity contribution in [2.24, 2.45) is 0 Å². The van der Waals surface area contributed by atoms with E-state index in [0.29, 0.717) is 29.6 Å². The summed E-state index contributed by atoms with van der Waals surface area (Å²) in [5.74, 6) is 0.658. The third kappa shape index (κ3) is 10.2. The Balaban J connectivity index is 1.79. The summed E-state index contributed by atoms with van der Waals surface area (Å²) in [6.45, 7) is 6.78. The van der Waals surface area contributed by atoms with Crippen molar-refractivity contribution in [3.05, 3.63) is 58.1 Å². The van der Waals surface area contributed by atoms with Gasteiger partial charge in [0.25, 0.3) is 11.8 Å². The fourth-order valence-corrected chi connectivity index (χ4v) is 3.66. The van der Waals surface area contributed by atoms with Gasteiger partial charge in [-0.15, -0.1) is 0 Å². The van der Waals surface area contributed by atoms with E-state index >= 15 is 0 Å². The van der Waals surface area contributed by atoms with Crippen molar-refractivity contribution in [1.82, 2.24) is 16.2 Å². The maximum Gasteiger partial charge on any atom is 0.276 e. The van der Waals surface area contributed by atoms with Gasteiger partial charge in [-0.2, -0.15) is 0 Å². The summed E-state index contributed by atoms with van der Waals surface area (Å²) in [7, 11) is 0. The summed E-state index contributed by atoms with van der Waals surface area (Å²) in [4.78, 5) is 24.8. The van der Waals surface area contributed by atoms with Gasteiger partial charge in [-0.25, -0.2) is 0 Å². The fourth-order valence-electron chi connectivity index (χ4n) is 3.16. The highest BCUT2D eigenvalue weighted by Crippen LogP contribution is 2.24. The summed E-state index contributed by atoms with van der Waals surface area (Å²) >= 11 is 8.52. The van der Waals surface area contributed by atoms with Crippen LogP contribution in [0.15, 0.2) is 46.9 Å². The van der Waals surface area contributed by atoms with Crippen LogP contribution >= 0.6 is 28.1 Å². The molecule has 0 saturated carbocycles. The number of amides is 2. The van der Waals surface area contributed by atoms with Gasteiger partial charge in [0, 0.05) is 4.47 Å². The monoisotopic (exact) mass is 563 g/mol. The molecule has 2 aromatic carbocycles. The van der Waals surface area contributed by atoms with Crippen LogP contribution in [0.3, 0.4) is 0 Å². The summed E-state index contributed by atoms with van der Waals surface area (Å²) in [5.41, 5.74) is 6.50. The number of hydrazine groups is 1. The number of halogens is 1. The molecule has 0 bridgehead atoms. The second kappa shape index (κ2) is 15.4. The van der Waals surface area contributed by atoms with E-state index in [4.69, 9.17) is 21.7 Å². The molecule has 1 unspecified atom stereocenters. The van der Waals surface area contributed by atoms with E-state index in [0.717, 1.165) is 36.6 Å². The van der Waals surface area contributed by atoms with Gasteiger partial charge in [-0.05, 0) is 66.9 Å². The van der Waals surface area contributed by atoms with Gasteiger partial charge in [0.05, 0.1) is 12.2 Å². The molecule has 0 spiro atoms. The third-order valence-electron chi connectivity index (χ3n) is 5.42. The van der Waals surface area contributed by atoms with Gasteiger partial charge in [0.1, 0.15) is 11.5 Å². The lowest BCUT2D eigenvalue weighted by Gasteiger charge is -2.14. The van der Waals surface area contributed by atoms with Crippen LogP contribution in [-0.4, -0.2) is 30.1 Å². The minimum absolute atomic E-state index is 0.0462. The number of thiocarbonyl (C=S) groups is 1. The number of hydrogen-bond acceptors (Lipinski definition) is 5. The molecule has 0 aromatic heterocycles. The first-order valence-electron chi connectivity index (χ1n) is 11.9. The van der Waals surface area contributed by atoms with Gasteiger partial charge in [-0.3, -0.25) is 25.8 Å². The lowest BCUT2D eigenvalue weighted by molar-refractivity contribution is -0.123. The van der Waals surface area contributed by atoms with Crippen molar-refractivity contribution in [3.8, 4) is 11.5 Å². The molecular formula is C26H34BrN3O4S. The molecule has 190 valence electrons. The molecule has 0 heterocycles. The Hall–Kier alpha value is -2.65. The van der Waals surface area contributed by atoms with E-state index in [9.17, 15) is 9.59 Å². The number of hydrogen-bond donors (Lipinski definition) is 3. The lowest BCUT2D eigenvalue weighted by Crippen LogP contribution is -2.49. The van der Waals surface area contributed by atoms with E-state index in [1.54, 1.807) is 12.1 Å². The van der Waals surface area contributed by atoms with Crippen LogP contribution in [0, 0.1) is 0 Å². The van der Waals surface area contributed by atoms with Gasteiger partial charge in [-0.1, -0.05) is 68.1 Å². The van der Waals surface area contributed by atoms with E-state index in [2.05, 4.69) is 52.9 Å². The Morgan fingerprint density at radius 2 is 1.74 bits per heavy atom. The molecule has 0 aliphatic heterocycles. The minimum atomic E-state index is -0.445. The summed E-state index contributed by atoms with van der Waals surface area (Å²) < 4.78 is 12.1. The summed E-state index contributed by atoms with van der Waals surface area (Å²) in [6, 6.07) is 12.9. The highest BCUT2D eigenvalue weighted by molar-refractivity contribution is 9.10. The Bertz CT molecular complexity index is 985. The molecule has 0 radical (unpaired) electrons. The van der Waals surface area contributed by atoms with Crippen LogP contribution in [0.2, 0.25) is 0 Å². The standard InChI is InChI=1S/C26H34BrN3O4S/c1-4-6-7-8-15-33-23-14-11-20(27)16-22(23)25(32)28-26(35)30-29-24(31)17-34-21-12-9-19(10-13-21)18(3)5-2/h9-14,16,18H,4-8,15,17H2,1-3H3,(H,29,31)(H2,28,30,32,35). The zero-order valence-corrected chi connectivity index (χ0v) is 22.9. The lowest BCUT2D eigenvalue weighted by atomic mass is 9.99. The molecule has 35 heavy (non-hydrogen) atoms. The zero-order valence-electron chi connectivity index (χ0n) is 20.5. The number of rotatable bonds is 12. The highest BCUT2D eigenvalue weighted by Gasteiger charge is 2.15. The first-order valence-corrected chi connectivity index (χ1v) is 13.1. The molecule has 0 aliphatic carbocycles. The van der Waals surface area contributed by atoms with Crippen LogP contribution in [-0.2, 0) is 4.79 Å². The van der Waals surface area contributed by atoms with Crippen molar-refractivity contribution >= 4 is 45.1 Å². The molecule has 3 N–H and O–H groups in total. The quantitative estimate of drug-likeness (QED) is 0.176. The number of ether oxygens (including phenoxy) is 2. The maximum absolute atomic E-state index is 12.7. The first kappa shape index (κ1) is 28.6. The molecule has 1 atom stereocenters. The number of carbonyl (C=O) groups is 2. The van der Waals surface area contributed by atoms with Crippen LogP contribution in [0.4, 0.5) is 0 Å². The molecule has 0 fully saturated rings. The van der Waals surface area contributed by atoms with Gasteiger partial charge >= 0.3 is 0 Å². The molecule has 2 amide bonds. The number of carbonyl (C=O) groups excluding carboxylic acids is 2. The van der Waals surface area contributed by atoms with E-state index < -0.39 is 11.8 Å². The summed E-state index contributed by atoms with van der Waals surface area (Å²) in [5, 5.41) is 2.50. The third-order valence-corrected chi connectivity index (χ3v) is 6.11. The predicted octanol–water partition coefficient (Wildman–Crippen LogP) is 5.64. The Kier molecular flexibility index (Phi) is 12.6. The van der Waals surface area contributed by atoms with E-state index in [1.165, 1.54) is 5.56 Å². The van der Waals surface area contributed by atoms with Crippen molar-refractivity contribution in [2.75, 3.05) is 13.2 Å². The average Bonchev–Trinajstić information content (AvgIpc) is 2.86. The molecule has 2 aromatic rings. The average molecular weight is 565 g/mol. The second-order valence-corrected chi connectivity index (χ2v) is 9.50. The van der Waals surface area contributed by atoms with Crippen LogP contribution in [0.5, 0.6) is 11.5 Å². The fraction of sp³-hybridized carbons (Fsp3) is 0.423. The molecule has 7 nitrogen and oxygen atoms in total. The van der Waals surface area contributed by atoms with Crippen molar-refractivity contribution in [2.45, 2.75) is 58.8 Å². The molecule has 9 heteroatoms. The highest BCUT2D eigenvalue weighted by atomic mass is 79.9. The van der Waals surface area contributed by atoms with Gasteiger partial charge < -0.3 is 9.47 Å². The van der Waals surface area contributed by atoms with Crippen LogP contribution in [0.1, 0.15) is 74.7 Å². The maximum atomic E-state index is 12.7. The van der Waals surface area contributed by atoms with E-state index in [1.807, 2.05) is 30.3 Å². The number of unbranched alkanes of at least 4 members (excludes halogenated alkanes) is 3. The van der Waals surface area contributed by atoms with Crippen molar-refractivity contribution in [3.63, 3.8) is 0 Å². The van der Waals surface area contributed by atoms with E-state index in [-0.39, 0.29) is 11.7 Å². The van der Waals surface area contributed by atoms with Crippen molar-refractivity contribution in [1.29, 1.82) is 0 Å². The largest absolute Gasteiger partial charge is 0.493 e. The Morgan fingerprint density at radius 3 is 2.43 bits per heavy atom. The van der Waals surface area contributed by atoms with Crippen LogP contribution < -0.4 is 25.6 Å². The number of nitrogens with one attached hydrogen (secondary N) is 3. The Morgan fingerprint density at radius 1 is 1.00 bits per heavy atom. The molecule has 0 aliphatic rings. The molecule has 0 saturated heterocycles. The second-order valence-electron chi connectivity index (χ2n) is 8.17. The predicted molar refractivity (Wildman–Crippen MR) is 146 cm³/mol. The normalized spacial score (nSPS) is 11.3. The minimum Gasteiger partial charge on any atom is -0.493 e. The Labute approximate surface area is 221 Å². The SMILES string of the molecule is CCCCCCOc1ccc(Br)cc1C(=O)NC(=S)NNC(=O)COc1ccc(C(C)CC)cc1. The smallest absolute Gasteiger partial charge is 0.276 e. The van der Waals surface area contributed by atoms with Crippen molar-refractivity contribution < 1.29 is 19.1 Å². The zero-order chi connectivity index (χ0) is 25.6. The van der Waals surface area contributed by atoms with Crippen LogP contribution in [0.25, 0.3) is 0 Å². The molecule has 2 rings (SSSR count). The number of benzene rings is 2. The van der Waals surface area contributed by atoms with Gasteiger partial charge in [0.15, 0.2) is 11.7 Å². The van der Waals surface area contributed by atoms with Gasteiger partial charge in [0.2, 0.25) is 0 Å². The summed E-state index contributed by atoms with van der Waals surface area (Å²) in [6.07, 6.45) is 5.35. The molecular weight excluding hydrogens is 530 g/mol.